The Bertz CT molecular complexity index is 1020. The van der Waals surface area contributed by atoms with Crippen molar-refractivity contribution in [3.05, 3.63) is 88.3 Å². The molecule has 0 bridgehead atoms. The van der Waals surface area contributed by atoms with Gasteiger partial charge >= 0.3 is 0 Å². The number of nitrogens with one attached hydrogen (secondary N) is 1. The molecular formula is C23H21ClN2O3. The lowest BCUT2D eigenvalue weighted by atomic mass is 9.92. The van der Waals surface area contributed by atoms with E-state index in [0.29, 0.717) is 22.8 Å². The van der Waals surface area contributed by atoms with Crippen LogP contribution in [0.5, 0.6) is 0 Å². The fraction of sp³-hybridized carbons (Fsp3) is 0.217. The molecule has 1 aromatic heterocycles. The first kappa shape index (κ1) is 19.3. The number of likely N-dealkylation sites (tertiary alicyclic amines) is 1. The van der Waals surface area contributed by atoms with Gasteiger partial charge in [-0.2, -0.15) is 0 Å². The lowest BCUT2D eigenvalue weighted by Gasteiger charge is -2.44. The Morgan fingerprint density at radius 2 is 1.79 bits per heavy atom. The van der Waals surface area contributed by atoms with Gasteiger partial charge in [0.25, 0.3) is 5.91 Å². The van der Waals surface area contributed by atoms with Crippen LogP contribution in [0.2, 0.25) is 5.02 Å². The molecular weight excluding hydrogens is 388 g/mol. The van der Waals surface area contributed by atoms with Gasteiger partial charge in [-0.3, -0.25) is 9.59 Å². The molecule has 3 aromatic rings. The van der Waals surface area contributed by atoms with E-state index in [1.165, 1.54) is 0 Å². The van der Waals surface area contributed by atoms with E-state index >= 15 is 0 Å². The van der Waals surface area contributed by atoms with Gasteiger partial charge in [0.2, 0.25) is 5.91 Å². The molecule has 2 unspecified atom stereocenters. The van der Waals surface area contributed by atoms with Crippen LogP contribution in [0.1, 0.15) is 41.0 Å². The van der Waals surface area contributed by atoms with Crippen molar-refractivity contribution in [3.8, 4) is 0 Å². The first-order valence-corrected chi connectivity index (χ1v) is 9.80. The van der Waals surface area contributed by atoms with Crippen LogP contribution < -0.4 is 5.32 Å². The highest BCUT2D eigenvalue weighted by atomic mass is 35.5. The molecule has 5 nitrogen and oxygen atoms in total. The van der Waals surface area contributed by atoms with Crippen LogP contribution in [0.4, 0.5) is 5.69 Å². The number of hydrogen-bond acceptors (Lipinski definition) is 3. The van der Waals surface area contributed by atoms with Crippen LogP contribution in [-0.2, 0) is 9.59 Å². The first-order chi connectivity index (χ1) is 14.0. The van der Waals surface area contributed by atoms with E-state index in [2.05, 4.69) is 5.32 Å². The predicted molar refractivity (Wildman–Crippen MR) is 112 cm³/mol. The Balaban J connectivity index is 1.71. The second kappa shape index (κ2) is 7.76. The zero-order chi connectivity index (χ0) is 20.5. The fourth-order valence-corrected chi connectivity index (χ4v) is 3.89. The second-order valence-corrected chi connectivity index (χ2v) is 7.68. The molecule has 29 heavy (non-hydrogen) atoms. The van der Waals surface area contributed by atoms with Crippen molar-refractivity contribution < 1.29 is 14.0 Å². The van der Waals surface area contributed by atoms with E-state index in [9.17, 15) is 9.59 Å². The van der Waals surface area contributed by atoms with Crippen molar-refractivity contribution in [1.29, 1.82) is 0 Å². The summed E-state index contributed by atoms with van der Waals surface area (Å²) < 4.78 is 5.51. The minimum Gasteiger partial charge on any atom is -0.467 e. The number of nitrogens with zero attached hydrogens (tertiary/aromatic N) is 1. The van der Waals surface area contributed by atoms with Crippen LogP contribution in [0.15, 0.2) is 65.3 Å². The summed E-state index contributed by atoms with van der Waals surface area (Å²) in [5.41, 5.74) is 3.39. The number of carbonyl (C=O) groups excluding carboxylic acids is 2. The van der Waals surface area contributed by atoms with Crippen molar-refractivity contribution in [2.24, 2.45) is 0 Å². The molecule has 2 heterocycles. The number of anilines is 1. The highest BCUT2D eigenvalue weighted by molar-refractivity contribution is 6.30. The monoisotopic (exact) mass is 408 g/mol. The van der Waals surface area contributed by atoms with Gasteiger partial charge in [0, 0.05) is 10.7 Å². The Morgan fingerprint density at radius 3 is 2.38 bits per heavy atom. The molecule has 1 aliphatic heterocycles. The molecule has 0 saturated carbocycles. The number of carbonyl (C=O) groups is 2. The van der Waals surface area contributed by atoms with E-state index in [1.807, 2.05) is 38.1 Å². The van der Waals surface area contributed by atoms with Gasteiger partial charge in [-0.15, -0.1) is 0 Å². The van der Waals surface area contributed by atoms with Crippen molar-refractivity contribution in [2.75, 3.05) is 5.32 Å². The van der Waals surface area contributed by atoms with E-state index in [4.69, 9.17) is 16.0 Å². The van der Waals surface area contributed by atoms with Gasteiger partial charge in [0.1, 0.15) is 11.8 Å². The summed E-state index contributed by atoms with van der Waals surface area (Å²) in [6, 6.07) is 15.4. The molecule has 2 atom stereocenters. The topological polar surface area (TPSA) is 62.6 Å². The van der Waals surface area contributed by atoms with Crippen LogP contribution >= 0.6 is 11.6 Å². The molecule has 6 heteroatoms. The molecule has 4 rings (SSSR count). The summed E-state index contributed by atoms with van der Waals surface area (Å²) in [4.78, 5) is 27.6. The summed E-state index contributed by atoms with van der Waals surface area (Å²) in [6.45, 7) is 3.89. The van der Waals surface area contributed by atoms with Crippen molar-refractivity contribution in [2.45, 2.75) is 32.4 Å². The zero-order valence-corrected chi connectivity index (χ0v) is 16.9. The molecule has 1 N–H and O–H groups in total. The zero-order valence-electron chi connectivity index (χ0n) is 16.2. The third-order valence-corrected chi connectivity index (χ3v) is 5.56. The number of benzene rings is 2. The number of halogens is 1. The summed E-state index contributed by atoms with van der Waals surface area (Å²) >= 11 is 6.04. The minimum absolute atomic E-state index is 0.0944. The van der Waals surface area contributed by atoms with Gasteiger partial charge in [-0.05, 0) is 54.8 Å². The third-order valence-electron chi connectivity index (χ3n) is 5.30. The lowest BCUT2D eigenvalue weighted by molar-refractivity contribution is -0.155. The maximum Gasteiger partial charge on any atom is 0.251 e. The molecule has 1 fully saturated rings. The van der Waals surface area contributed by atoms with E-state index in [0.717, 1.165) is 16.8 Å². The van der Waals surface area contributed by atoms with Gasteiger partial charge in [-0.25, -0.2) is 0 Å². The van der Waals surface area contributed by atoms with Crippen molar-refractivity contribution in [1.82, 2.24) is 4.90 Å². The van der Waals surface area contributed by atoms with Crippen LogP contribution in [-0.4, -0.2) is 16.7 Å². The van der Waals surface area contributed by atoms with E-state index in [-0.39, 0.29) is 17.9 Å². The molecule has 2 amide bonds. The second-order valence-electron chi connectivity index (χ2n) is 7.25. The third kappa shape index (κ3) is 3.66. The van der Waals surface area contributed by atoms with Crippen LogP contribution in [0, 0.1) is 13.8 Å². The highest BCUT2D eigenvalue weighted by Gasteiger charge is 2.46. The number of aryl methyl sites for hydroxylation is 2. The number of para-hydroxylation sites is 1. The SMILES string of the molecule is Cc1cccc(C)c1NC(=O)C(c1ccc(Cl)cc1)N1C(=O)CC1c1ccco1. The van der Waals surface area contributed by atoms with Crippen LogP contribution in [0.25, 0.3) is 0 Å². The van der Waals surface area contributed by atoms with E-state index < -0.39 is 6.04 Å². The van der Waals surface area contributed by atoms with Gasteiger partial charge in [0.15, 0.2) is 0 Å². The van der Waals surface area contributed by atoms with E-state index in [1.54, 1.807) is 41.5 Å². The average molecular weight is 409 g/mol. The number of rotatable bonds is 5. The van der Waals surface area contributed by atoms with Crippen molar-refractivity contribution in [3.63, 3.8) is 0 Å². The number of β-lactam (4-membered cyclic amide) rings is 1. The Morgan fingerprint density at radius 1 is 1.10 bits per heavy atom. The largest absolute Gasteiger partial charge is 0.467 e. The summed E-state index contributed by atoms with van der Waals surface area (Å²) in [5.74, 6) is 0.306. The molecule has 1 aliphatic rings. The number of furan rings is 1. The van der Waals surface area contributed by atoms with Gasteiger partial charge in [-0.1, -0.05) is 41.9 Å². The molecule has 2 aromatic carbocycles. The quantitative estimate of drug-likeness (QED) is 0.590. The normalized spacial score (nSPS) is 17.0. The first-order valence-electron chi connectivity index (χ1n) is 9.43. The summed E-state index contributed by atoms with van der Waals surface area (Å²) in [5, 5.41) is 3.60. The highest BCUT2D eigenvalue weighted by Crippen LogP contribution is 2.42. The van der Waals surface area contributed by atoms with Crippen molar-refractivity contribution >= 4 is 29.1 Å². The fourth-order valence-electron chi connectivity index (χ4n) is 3.76. The molecule has 0 spiro atoms. The standard InChI is InChI=1S/C23H21ClN2O3/c1-14-5-3-6-15(2)21(14)25-23(28)22(16-8-10-17(24)11-9-16)26-18(13-20(26)27)19-7-4-12-29-19/h3-12,18,22H,13H2,1-2H3,(H,25,28). The average Bonchev–Trinajstić information content (AvgIpc) is 3.22. The predicted octanol–water partition coefficient (Wildman–Crippen LogP) is 5.20. The molecule has 148 valence electrons. The van der Waals surface area contributed by atoms with Gasteiger partial charge in [0.05, 0.1) is 18.7 Å². The molecule has 1 saturated heterocycles. The van der Waals surface area contributed by atoms with Gasteiger partial charge < -0.3 is 14.6 Å². The number of amides is 2. The summed E-state index contributed by atoms with van der Waals surface area (Å²) in [7, 11) is 0. The smallest absolute Gasteiger partial charge is 0.251 e. The lowest BCUT2D eigenvalue weighted by Crippen LogP contribution is -2.51. The number of hydrogen-bond donors (Lipinski definition) is 1. The molecule has 0 radical (unpaired) electrons. The minimum atomic E-state index is -0.789. The Kier molecular flexibility index (Phi) is 5.16. The maximum absolute atomic E-state index is 13.4. The van der Waals surface area contributed by atoms with Crippen LogP contribution in [0.3, 0.4) is 0 Å². The summed E-state index contributed by atoms with van der Waals surface area (Å²) in [6.07, 6.45) is 1.89. The Labute approximate surface area is 174 Å². The Hall–Kier alpha value is -3.05. The maximum atomic E-state index is 13.4. The molecule has 0 aliphatic carbocycles.